The second kappa shape index (κ2) is 5.34. The Labute approximate surface area is 125 Å². The van der Waals surface area contributed by atoms with E-state index in [1.165, 1.54) is 36.1 Å². The molecule has 1 nitrogen and oxygen atoms in total. The Bertz CT molecular complexity index is 528. The molecular formula is C18H21NS. The summed E-state index contributed by atoms with van der Waals surface area (Å²) in [6.07, 6.45) is 5.72. The smallest absolute Gasteiger partial charge is 0.0673 e. The molecule has 0 spiro atoms. The second-order valence-corrected chi connectivity index (χ2v) is 7.21. The maximum absolute atomic E-state index is 4.01. The minimum absolute atomic E-state index is 0.377. The average molecular weight is 283 g/mol. The fourth-order valence-corrected chi connectivity index (χ4v) is 4.02. The zero-order valence-corrected chi connectivity index (χ0v) is 12.5. The molecule has 1 N–H and O–H groups in total. The summed E-state index contributed by atoms with van der Waals surface area (Å²) in [5.41, 5.74) is 1.40. The predicted octanol–water partition coefficient (Wildman–Crippen LogP) is 4.62. The van der Waals surface area contributed by atoms with Crippen LogP contribution >= 0.6 is 11.3 Å². The SMILES string of the molecule is c1ccc(C(NC(C2CC2)C2CC2)c2cccs2)cc1. The van der Waals surface area contributed by atoms with Crippen molar-refractivity contribution in [3.63, 3.8) is 0 Å². The van der Waals surface area contributed by atoms with E-state index in [4.69, 9.17) is 0 Å². The van der Waals surface area contributed by atoms with Crippen molar-refractivity contribution in [2.75, 3.05) is 0 Å². The monoisotopic (exact) mass is 283 g/mol. The molecule has 2 heteroatoms. The van der Waals surface area contributed by atoms with Crippen LogP contribution in [-0.2, 0) is 0 Å². The van der Waals surface area contributed by atoms with Crippen LogP contribution < -0.4 is 5.32 Å². The van der Waals surface area contributed by atoms with Crippen molar-refractivity contribution in [1.29, 1.82) is 0 Å². The molecule has 4 rings (SSSR count). The molecule has 0 bridgehead atoms. The minimum atomic E-state index is 0.377. The van der Waals surface area contributed by atoms with E-state index in [2.05, 4.69) is 53.2 Å². The van der Waals surface area contributed by atoms with E-state index < -0.39 is 0 Å². The maximum atomic E-state index is 4.01. The lowest BCUT2D eigenvalue weighted by molar-refractivity contribution is 0.391. The van der Waals surface area contributed by atoms with Gasteiger partial charge in [0.25, 0.3) is 0 Å². The van der Waals surface area contributed by atoms with Crippen LogP contribution in [0, 0.1) is 11.8 Å². The molecule has 1 aromatic carbocycles. The summed E-state index contributed by atoms with van der Waals surface area (Å²) in [5.74, 6) is 1.88. The molecule has 1 unspecified atom stereocenters. The van der Waals surface area contributed by atoms with Crippen LogP contribution in [0.5, 0.6) is 0 Å². The molecule has 1 heterocycles. The first-order valence-corrected chi connectivity index (χ1v) is 8.64. The largest absolute Gasteiger partial charge is 0.302 e. The highest BCUT2D eigenvalue weighted by molar-refractivity contribution is 7.10. The first kappa shape index (κ1) is 12.6. The molecule has 0 amide bonds. The predicted molar refractivity (Wildman–Crippen MR) is 85.0 cm³/mol. The van der Waals surface area contributed by atoms with Crippen molar-refractivity contribution in [1.82, 2.24) is 5.32 Å². The van der Waals surface area contributed by atoms with E-state index >= 15 is 0 Å². The van der Waals surface area contributed by atoms with Gasteiger partial charge in [-0.15, -0.1) is 11.3 Å². The Morgan fingerprint density at radius 1 is 0.900 bits per heavy atom. The van der Waals surface area contributed by atoms with Gasteiger partial charge in [0, 0.05) is 10.9 Å². The van der Waals surface area contributed by atoms with E-state index in [0.29, 0.717) is 6.04 Å². The highest BCUT2D eigenvalue weighted by Crippen LogP contribution is 2.46. The summed E-state index contributed by atoms with van der Waals surface area (Å²) in [6, 6.07) is 16.5. The Morgan fingerprint density at radius 3 is 2.15 bits per heavy atom. The number of hydrogen-bond donors (Lipinski definition) is 1. The van der Waals surface area contributed by atoms with Gasteiger partial charge in [-0.1, -0.05) is 36.4 Å². The quantitative estimate of drug-likeness (QED) is 0.816. The van der Waals surface area contributed by atoms with Crippen LogP contribution in [-0.4, -0.2) is 6.04 Å². The van der Waals surface area contributed by atoms with Gasteiger partial charge in [-0.25, -0.2) is 0 Å². The van der Waals surface area contributed by atoms with Crippen LogP contribution in [0.2, 0.25) is 0 Å². The number of thiophene rings is 1. The Kier molecular flexibility index (Phi) is 3.37. The maximum Gasteiger partial charge on any atom is 0.0673 e. The van der Waals surface area contributed by atoms with Crippen LogP contribution in [0.3, 0.4) is 0 Å². The fourth-order valence-electron chi connectivity index (χ4n) is 3.20. The van der Waals surface area contributed by atoms with Gasteiger partial charge in [-0.3, -0.25) is 0 Å². The summed E-state index contributed by atoms with van der Waals surface area (Å²) in [4.78, 5) is 1.45. The highest BCUT2D eigenvalue weighted by atomic mass is 32.1. The van der Waals surface area contributed by atoms with Gasteiger partial charge in [0.1, 0.15) is 0 Å². The first-order chi connectivity index (χ1) is 9.92. The Hall–Kier alpha value is -1.12. The van der Waals surface area contributed by atoms with Gasteiger partial charge < -0.3 is 5.32 Å². The molecule has 2 aliphatic carbocycles. The second-order valence-electron chi connectivity index (χ2n) is 6.23. The van der Waals surface area contributed by atoms with E-state index in [1.54, 1.807) is 0 Å². The normalized spacial score (nSPS) is 20.2. The van der Waals surface area contributed by atoms with Crippen molar-refractivity contribution in [2.45, 2.75) is 37.8 Å². The summed E-state index contributed by atoms with van der Waals surface area (Å²) < 4.78 is 0. The van der Waals surface area contributed by atoms with Gasteiger partial charge in [-0.05, 0) is 54.5 Å². The number of benzene rings is 1. The standard InChI is InChI=1S/C18H21NS/c1-2-5-13(6-3-1)18(16-7-4-12-20-16)19-17(14-8-9-14)15-10-11-15/h1-7,12,14-15,17-19H,8-11H2. The molecule has 2 saturated carbocycles. The van der Waals surface area contributed by atoms with Gasteiger partial charge in [0.2, 0.25) is 0 Å². The van der Waals surface area contributed by atoms with Gasteiger partial charge >= 0.3 is 0 Å². The van der Waals surface area contributed by atoms with Crippen LogP contribution in [0.25, 0.3) is 0 Å². The third-order valence-electron chi connectivity index (χ3n) is 4.58. The molecule has 1 aromatic heterocycles. The molecule has 0 radical (unpaired) electrons. The lowest BCUT2D eigenvalue weighted by atomic mass is 10.0. The van der Waals surface area contributed by atoms with E-state index in [-0.39, 0.29) is 0 Å². The van der Waals surface area contributed by atoms with Crippen molar-refractivity contribution in [2.24, 2.45) is 11.8 Å². The molecule has 1 atom stereocenters. The molecule has 2 aliphatic rings. The number of hydrogen-bond acceptors (Lipinski definition) is 2. The van der Waals surface area contributed by atoms with Crippen molar-refractivity contribution in [3.05, 3.63) is 58.3 Å². The third kappa shape index (κ3) is 2.68. The average Bonchev–Trinajstić information content (AvgIpc) is 3.42. The first-order valence-electron chi connectivity index (χ1n) is 7.76. The summed E-state index contributed by atoms with van der Waals surface area (Å²) >= 11 is 1.87. The van der Waals surface area contributed by atoms with Crippen molar-refractivity contribution in [3.8, 4) is 0 Å². The zero-order valence-electron chi connectivity index (χ0n) is 11.7. The molecule has 104 valence electrons. The zero-order chi connectivity index (χ0) is 13.4. The van der Waals surface area contributed by atoms with Gasteiger partial charge in [-0.2, -0.15) is 0 Å². The van der Waals surface area contributed by atoms with Crippen molar-refractivity contribution < 1.29 is 0 Å². The molecule has 2 fully saturated rings. The van der Waals surface area contributed by atoms with Crippen LogP contribution in [0.1, 0.15) is 42.2 Å². The minimum Gasteiger partial charge on any atom is -0.302 e. The number of nitrogens with one attached hydrogen (secondary N) is 1. The van der Waals surface area contributed by atoms with Gasteiger partial charge in [0.05, 0.1) is 6.04 Å². The van der Waals surface area contributed by atoms with E-state index in [1.807, 2.05) is 11.3 Å². The lowest BCUT2D eigenvalue weighted by Gasteiger charge is -2.26. The lowest BCUT2D eigenvalue weighted by Crippen LogP contribution is -2.36. The van der Waals surface area contributed by atoms with Gasteiger partial charge in [0.15, 0.2) is 0 Å². The van der Waals surface area contributed by atoms with Crippen molar-refractivity contribution >= 4 is 11.3 Å². The van der Waals surface area contributed by atoms with Crippen LogP contribution in [0.15, 0.2) is 47.8 Å². The number of rotatable bonds is 6. The molecule has 2 aromatic rings. The summed E-state index contributed by atoms with van der Waals surface area (Å²) in [7, 11) is 0. The fraction of sp³-hybridized carbons (Fsp3) is 0.444. The topological polar surface area (TPSA) is 12.0 Å². The molecular weight excluding hydrogens is 262 g/mol. The van der Waals surface area contributed by atoms with E-state index in [9.17, 15) is 0 Å². The Balaban J connectivity index is 1.61. The highest BCUT2D eigenvalue weighted by Gasteiger charge is 2.42. The van der Waals surface area contributed by atoms with Crippen LogP contribution in [0.4, 0.5) is 0 Å². The third-order valence-corrected chi connectivity index (χ3v) is 5.52. The summed E-state index contributed by atoms with van der Waals surface area (Å²) in [6.45, 7) is 0. The van der Waals surface area contributed by atoms with E-state index in [0.717, 1.165) is 17.9 Å². The molecule has 0 saturated heterocycles. The summed E-state index contributed by atoms with van der Waals surface area (Å²) in [5, 5.41) is 6.20. The molecule has 20 heavy (non-hydrogen) atoms. The molecule has 0 aliphatic heterocycles. The Morgan fingerprint density at radius 2 is 1.60 bits per heavy atom.